The van der Waals surface area contributed by atoms with Gasteiger partial charge in [-0.15, -0.1) is 0 Å². The fraction of sp³-hybridized carbons (Fsp3) is 0.636. The van der Waals surface area contributed by atoms with Crippen molar-refractivity contribution in [2.45, 2.75) is 32.3 Å². The van der Waals surface area contributed by atoms with Crippen molar-refractivity contribution in [2.24, 2.45) is 11.3 Å². The molecule has 0 spiro atoms. The van der Waals surface area contributed by atoms with E-state index in [1.54, 1.807) is 0 Å². The Balaban J connectivity index is 2.30. The number of fused-ring (bicyclic) bond motifs is 1. The summed E-state index contributed by atoms with van der Waals surface area (Å²) in [5, 5.41) is 0. The van der Waals surface area contributed by atoms with Crippen molar-refractivity contribution in [3.05, 3.63) is 12.2 Å². The highest BCUT2D eigenvalue weighted by Gasteiger charge is 2.65. The van der Waals surface area contributed by atoms with Gasteiger partial charge in [0.2, 0.25) is 0 Å². The molecular weight excluding hydrogens is 180 g/mol. The van der Waals surface area contributed by atoms with Gasteiger partial charge in [-0.2, -0.15) is 0 Å². The summed E-state index contributed by atoms with van der Waals surface area (Å²) in [6, 6.07) is 0. The third-order valence-corrected chi connectivity index (χ3v) is 3.58. The Morgan fingerprint density at radius 1 is 1.64 bits per heavy atom. The largest absolute Gasteiger partial charge is 0.454 e. The first-order valence-electron chi connectivity index (χ1n) is 4.87. The summed E-state index contributed by atoms with van der Waals surface area (Å²) in [5.41, 5.74) is -0.690. The van der Waals surface area contributed by atoms with Crippen LogP contribution < -0.4 is 0 Å². The van der Waals surface area contributed by atoms with Crippen molar-refractivity contribution >= 4 is 12.3 Å². The Morgan fingerprint density at radius 2 is 2.36 bits per heavy atom. The summed E-state index contributed by atoms with van der Waals surface area (Å²) in [5.74, 6) is -0.468. The van der Waals surface area contributed by atoms with Gasteiger partial charge in [0.15, 0.2) is 0 Å². The fourth-order valence-corrected chi connectivity index (χ4v) is 2.79. The fourth-order valence-electron chi connectivity index (χ4n) is 2.79. The van der Waals surface area contributed by atoms with E-state index in [0.717, 1.165) is 19.1 Å². The topological polar surface area (TPSA) is 43.4 Å². The number of rotatable bonds is 2. The minimum atomic E-state index is -0.638. The highest BCUT2D eigenvalue weighted by molar-refractivity contribution is 5.70. The van der Waals surface area contributed by atoms with Crippen molar-refractivity contribution in [2.75, 3.05) is 0 Å². The van der Waals surface area contributed by atoms with Crippen LogP contribution >= 0.6 is 0 Å². The van der Waals surface area contributed by atoms with Gasteiger partial charge < -0.3 is 9.53 Å². The quantitative estimate of drug-likeness (QED) is 0.380. The van der Waals surface area contributed by atoms with Gasteiger partial charge in [-0.25, -0.2) is 0 Å². The van der Waals surface area contributed by atoms with Gasteiger partial charge in [0, 0.05) is 12.3 Å². The molecule has 0 aromatic rings. The van der Waals surface area contributed by atoms with Crippen LogP contribution in [0.1, 0.15) is 26.7 Å². The molecule has 2 rings (SSSR count). The summed E-state index contributed by atoms with van der Waals surface area (Å²) < 4.78 is 5.35. The minimum Gasteiger partial charge on any atom is -0.454 e. The molecule has 3 unspecified atom stereocenters. The monoisotopic (exact) mass is 194 g/mol. The van der Waals surface area contributed by atoms with Crippen LogP contribution in [0, 0.1) is 11.3 Å². The van der Waals surface area contributed by atoms with E-state index in [1.165, 1.54) is 6.92 Å². The van der Waals surface area contributed by atoms with E-state index in [1.807, 2.05) is 12.2 Å². The SMILES string of the molecule is CC(=O)OC12C=CCC1(C)CC2C=O. The lowest BCUT2D eigenvalue weighted by molar-refractivity contribution is -0.201. The predicted octanol–water partition coefficient (Wildman–Crippen LogP) is 1.47. The summed E-state index contributed by atoms with van der Waals surface area (Å²) in [6.45, 7) is 3.46. The maximum absolute atomic E-state index is 11.0. The van der Waals surface area contributed by atoms with Gasteiger partial charge in [0.1, 0.15) is 11.9 Å². The number of esters is 1. The number of ether oxygens (including phenoxy) is 1. The Labute approximate surface area is 83.1 Å². The lowest BCUT2D eigenvalue weighted by Gasteiger charge is -2.55. The van der Waals surface area contributed by atoms with Gasteiger partial charge in [0.25, 0.3) is 0 Å². The van der Waals surface area contributed by atoms with Crippen LogP contribution in [0.25, 0.3) is 0 Å². The number of carbonyl (C=O) groups excluding carboxylic acids is 2. The number of allylic oxidation sites excluding steroid dienone is 1. The van der Waals surface area contributed by atoms with Crippen LogP contribution in [0.3, 0.4) is 0 Å². The second-order valence-electron chi connectivity index (χ2n) is 4.50. The molecule has 0 N–H and O–H groups in total. The summed E-state index contributed by atoms with van der Waals surface area (Å²) >= 11 is 0. The molecule has 0 aromatic carbocycles. The lowest BCUT2D eigenvalue weighted by atomic mass is 9.53. The van der Waals surface area contributed by atoms with E-state index in [-0.39, 0.29) is 17.3 Å². The second kappa shape index (κ2) is 2.69. The van der Waals surface area contributed by atoms with E-state index in [4.69, 9.17) is 4.74 Å². The maximum Gasteiger partial charge on any atom is 0.303 e. The molecule has 1 fully saturated rings. The third-order valence-electron chi connectivity index (χ3n) is 3.58. The molecule has 2 aliphatic carbocycles. The zero-order chi connectivity index (χ0) is 10.4. The van der Waals surface area contributed by atoms with E-state index in [2.05, 4.69) is 6.92 Å². The number of hydrogen-bond donors (Lipinski definition) is 0. The highest BCUT2D eigenvalue weighted by atomic mass is 16.6. The van der Waals surface area contributed by atoms with Crippen LogP contribution in [0.15, 0.2) is 12.2 Å². The molecule has 1 saturated carbocycles. The van der Waals surface area contributed by atoms with Gasteiger partial charge in [-0.05, 0) is 18.9 Å². The van der Waals surface area contributed by atoms with Crippen molar-refractivity contribution in [3.8, 4) is 0 Å². The van der Waals surface area contributed by atoms with Crippen LogP contribution in [0.4, 0.5) is 0 Å². The van der Waals surface area contributed by atoms with Crippen molar-refractivity contribution < 1.29 is 14.3 Å². The third kappa shape index (κ3) is 0.925. The summed E-state index contributed by atoms with van der Waals surface area (Å²) in [6.07, 6.45) is 6.51. The molecule has 3 nitrogen and oxygen atoms in total. The van der Waals surface area contributed by atoms with E-state index in [0.29, 0.717) is 0 Å². The average Bonchev–Trinajstić information content (AvgIpc) is 2.32. The smallest absolute Gasteiger partial charge is 0.303 e. The number of hydrogen-bond acceptors (Lipinski definition) is 3. The van der Waals surface area contributed by atoms with E-state index < -0.39 is 5.60 Å². The molecule has 0 amide bonds. The zero-order valence-electron chi connectivity index (χ0n) is 8.45. The van der Waals surface area contributed by atoms with E-state index in [9.17, 15) is 9.59 Å². The molecule has 0 aliphatic heterocycles. The minimum absolute atomic E-state index is 0.0513. The molecule has 2 aliphatic rings. The highest BCUT2D eigenvalue weighted by Crippen LogP contribution is 2.61. The van der Waals surface area contributed by atoms with Crippen LogP contribution in [0.5, 0.6) is 0 Å². The zero-order valence-corrected chi connectivity index (χ0v) is 8.45. The Hall–Kier alpha value is -1.12. The summed E-state index contributed by atoms with van der Waals surface area (Å²) in [4.78, 5) is 21.8. The van der Waals surface area contributed by atoms with Gasteiger partial charge in [-0.1, -0.05) is 13.0 Å². The van der Waals surface area contributed by atoms with Gasteiger partial charge in [-0.3, -0.25) is 4.79 Å². The first-order chi connectivity index (χ1) is 6.54. The molecule has 3 atom stereocenters. The molecule has 0 bridgehead atoms. The molecule has 76 valence electrons. The first-order valence-corrected chi connectivity index (χ1v) is 4.87. The van der Waals surface area contributed by atoms with Crippen molar-refractivity contribution in [3.63, 3.8) is 0 Å². The second-order valence-corrected chi connectivity index (χ2v) is 4.50. The Bertz CT molecular complexity index is 320. The first kappa shape index (κ1) is 9.44. The van der Waals surface area contributed by atoms with Crippen LogP contribution in [-0.4, -0.2) is 17.9 Å². The van der Waals surface area contributed by atoms with Gasteiger partial charge in [0.05, 0.1) is 5.92 Å². The standard InChI is InChI=1S/C11H14O3/c1-8(13)14-11-5-3-4-10(11,2)6-9(11)7-12/h3,5,7,9H,4,6H2,1-2H3. The molecular formula is C11H14O3. The normalized spacial score (nSPS) is 44.0. The maximum atomic E-state index is 11.0. The number of aldehydes is 1. The van der Waals surface area contributed by atoms with Gasteiger partial charge >= 0.3 is 5.97 Å². The molecule has 0 radical (unpaired) electrons. The number of carbonyl (C=O) groups is 2. The molecule has 3 heteroatoms. The van der Waals surface area contributed by atoms with Crippen LogP contribution in [0.2, 0.25) is 0 Å². The summed E-state index contributed by atoms with van der Waals surface area (Å²) in [7, 11) is 0. The van der Waals surface area contributed by atoms with Crippen molar-refractivity contribution in [1.29, 1.82) is 0 Å². The van der Waals surface area contributed by atoms with E-state index >= 15 is 0 Å². The van der Waals surface area contributed by atoms with Crippen molar-refractivity contribution in [1.82, 2.24) is 0 Å². The predicted molar refractivity (Wildman–Crippen MR) is 50.5 cm³/mol. The lowest BCUT2D eigenvalue weighted by Crippen LogP contribution is -2.62. The molecule has 0 aromatic heterocycles. The molecule has 0 heterocycles. The average molecular weight is 194 g/mol. The van der Waals surface area contributed by atoms with Crippen LogP contribution in [-0.2, 0) is 14.3 Å². The molecule has 14 heavy (non-hydrogen) atoms. The molecule has 0 saturated heterocycles. The Morgan fingerprint density at radius 3 is 2.86 bits per heavy atom. The Kier molecular flexibility index (Phi) is 1.81.